The van der Waals surface area contributed by atoms with Crippen LogP contribution in [-0.4, -0.2) is 64.8 Å². The predicted octanol–water partition coefficient (Wildman–Crippen LogP) is 1.39. The molecule has 1 aliphatic rings. The summed E-state index contributed by atoms with van der Waals surface area (Å²) in [7, 11) is -3.23. The Kier molecular flexibility index (Phi) is 5.35. The quantitative estimate of drug-likeness (QED) is 0.634. The van der Waals surface area contributed by atoms with Crippen molar-refractivity contribution in [3.63, 3.8) is 0 Å². The summed E-state index contributed by atoms with van der Waals surface area (Å²) in [6.45, 7) is 3.26. The lowest BCUT2D eigenvalue weighted by Gasteiger charge is -2.34. The lowest BCUT2D eigenvalue weighted by atomic mass is 10.2. The molecule has 10 nitrogen and oxygen atoms in total. The summed E-state index contributed by atoms with van der Waals surface area (Å²) < 4.78 is 45.1. The molecule has 4 rings (SSSR count). The molecule has 158 valence electrons. The van der Waals surface area contributed by atoms with Crippen LogP contribution in [0.1, 0.15) is 6.92 Å². The van der Waals surface area contributed by atoms with Crippen LogP contribution in [0.3, 0.4) is 0 Å². The van der Waals surface area contributed by atoms with E-state index < -0.39 is 15.8 Å². The van der Waals surface area contributed by atoms with Gasteiger partial charge in [0.1, 0.15) is 11.6 Å². The van der Waals surface area contributed by atoms with Gasteiger partial charge in [0.25, 0.3) is 11.8 Å². The molecule has 0 spiro atoms. The number of sulfonamides is 1. The van der Waals surface area contributed by atoms with Gasteiger partial charge in [0.15, 0.2) is 11.5 Å². The third-order valence-electron chi connectivity index (χ3n) is 4.84. The minimum absolute atomic E-state index is 0.00749. The summed E-state index contributed by atoms with van der Waals surface area (Å²) in [6, 6.07) is 6.05. The second-order valence-electron chi connectivity index (χ2n) is 6.64. The zero-order valence-electron chi connectivity index (χ0n) is 16.2. The fraction of sp³-hybridized carbons (Fsp3) is 0.333. The van der Waals surface area contributed by atoms with Gasteiger partial charge in [-0.15, -0.1) is 10.2 Å². The van der Waals surface area contributed by atoms with E-state index in [-0.39, 0.29) is 34.6 Å². The molecule has 0 unspecified atom stereocenters. The summed E-state index contributed by atoms with van der Waals surface area (Å²) in [5.74, 6) is 0.217. The minimum atomic E-state index is -3.23. The molecule has 0 bridgehead atoms. The number of aromatic nitrogens is 4. The lowest BCUT2D eigenvalue weighted by Crippen LogP contribution is -2.49. The van der Waals surface area contributed by atoms with Crippen molar-refractivity contribution in [3.05, 3.63) is 36.3 Å². The van der Waals surface area contributed by atoms with Gasteiger partial charge in [0.2, 0.25) is 10.0 Å². The van der Waals surface area contributed by atoms with Gasteiger partial charge in [-0.05, 0) is 19.1 Å². The molecular formula is C18H20FN7O3S. The van der Waals surface area contributed by atoms with Gasteiger partial charge < -0.3 is 15.1 Å². The van der Waals surface area contributed by atoms with Gasteiger partial charge in [-0.3, -0.25) is 0 Å². The molecular weight excluding hydrogens is 413 g/mol. The number of piperazine rings is 1. The third-order valence-corrected chi connectivity index (χ3v) is 6.72. The smallest absolute Gasteiger partial charge is 0.270 e. The molecule has 1 fully saturated rings. The van der Waals surface area contributed by atoms with Gasteiger partial charge in [-0.1, -0.05) is 12.1 Å². The van der Waals surface area contributed by atoms with Crippen LogP contribution >= 0.6 is 0 Å². The zero-order chi connectivity index (χ0) is 21.3. The topological polar surface area (TPSA) is 131 Å². The van der Waals surface area contributed by atoms with Crippen LogP contribution in [0.2, 0.25) is 0 Å². The Hall–Kier alpha value is -3.12. The molecule has 1 saturated heterocycles. The van der Waals surface area contributed by atoms with Gasteiger partial charge in [0, 0.05) is 26.2 Å². The Morgan fingerprint density at radius 1 is 1.13 bits per heavy atom. The summed E-state index contributed by atoms with van der Waals surface area (Å²) in [6.07, 6.45) is 1.51. The molecule has 3 aromatic rings. The molecule has 0 amide bonds. The standard InChI is InChI=1S/C18H20FN7O3S/c1-2-30(27,28)26-9-7-25(8-10-26)14-11-21-16(20)15(22-14)18-24-23-17(29-18)12-5-3-4-6-13(12)19/h3-6,11H,2,7-10H2,1H3,(H2,20,21). The Balaban J connectivity index is 1.57. The Morgan fingerprint density at radius 2 is 1.83 bits per heavy atom. The van der Waals surface area contributed by atoms with Crippen LogP contribution in [0.15, 0.2) is 34.9 Å². The van der Waals surface area contributed by atoms with E-state index in [1.165, 1.54) is 22.6 Å². The normalized spacial score (nSPS) is 15.5. The second kappa shape index (κ2) is 7.95. The summed E-state index contributed by atoms with van der Waals surface area (Å²) >= 11 is 0. The monoisotopic (exact) mass is 433 g/mol. The zero-order valence-corrected chi connectivity index (χ0v) is 17.0. The van der Waals surface area contributed by atoms with Crippen molar-refractivity contribution >= 4 is 21.7 Å². The van der Waals surface area contributed by atoms with E-state index in [1.807, 2.05) is 4.90 Å². The lowest BCUT2D eigenvalue weighted by molar-refractivity contribution is 0.384. The number of rotatable bonds is 5. The number of anilines is 2. The van der Waals surface area contributed by atoms with Crippen LogP contribution in [-0.2, 0) is 10.0 Å². The van der Waals surface area contributed by atoms with E-state index in [2.05, 4.69) is 20.2 Å². The van der Waals surface area contributed by atoms with E-state index in [9.17, 15) is 12.8 Å². The maximum atomic E-state index is 14.0. The van der Waals surface area contributed by atoms with Gasteiger partial charge in [0.05, 0.1) is 17.5 Å². The van der Waals surface area contributed by atoms with Crippen LogP contribution in [0.4, 0.5) is 16.0 Å². The molecule has 2 aromatic heterocycles. The molecule has 1 aromatic carbocycles. The SMILES string of the molecule is CCS(=O)(=O)N1CCN(c2cnc(N)c(-c3nnc(-c4ccccc4F)o3)n2)CC1. The van der Waals surface area contributed by atoms with Crippen molar-refractivity contribution in [1.29, 1.82) is 0 Å². The second-order valence-corrected chi connectivity index (χ2v) is 8.90. The molecule has 12 heteroatoms. The maximum Gasteiger partial charge on any atom is 0.270 e. The van der Waals surface area contributed by atoms with Crippen molar-refractivity contribution < 1.29 is 17.2 Å². The first-order chi connectivity index (χ1) is 14.4. The summed E-state index contributed by atoms with van der Waals surface area (Å²) in [5, 5.41) is 7.82. The Labute approximate surface area is 172 Å². The van der Waals surface area contributed by atoms with Gasteiger partial charge in [-0.25, -0.2) is 22.8 Å². The minimum Gasteiger partial charge on any atom is -0.414 e. The van der Waals surface area contributed by atoms with Gasteiger partial charge >= 0.3 is 0 Å². The van der Waals surface area contributed by atoms with Crippen molar-refractivity contribution in [2.24, 2.45) is 0 Å². The predicted molar refractivity (Wildman–Crippen MR) is 108 cm³/mol. The Morgan fingerprint density at radius 3 is 2.53 bits per heavy atom. The molecule has 3 heterocycles. The molecule has 0 aliphatic carbocycles. The van der Waals surface area contributed by atoms with E-state index in [0.717, 1.165) is 0 Å². The third kappa shape index (κ3) is 3.83. The molecule has 0 atom stereocenters. The van der Waals surface area contributed by atoms with Crippen molar-refractivity contribution in [3.8, 4) is 23.0 Å². The molecule has 2 N–H and O–H groups in total. The largest absolute Gasteiger partial charge is 0.414 e. The number of halogens is 1. The van der Waals surface area contributed by atoms with Crippen LogP contribution in [0.25, 0.3) is 23.0 Å². The summed E-state index contributed by atoms with van der Waals surface area (Å²) in [5.41, 5.74) is 6.30. The highest BCUT2D eigenvalue weighted by Gasteiger charge is 2.27. The van der Waals surface area contributed by atoms with Crippen LogP contribution in [0.5, 0.6) is 0 Å². The highest BCUT2D eigenvalue weighted by molar-refractivity contribution is 7.89. The van der Waals surface area contributed by atoms with Crippen LogP contribution < -0.4 is 10.6 Å². The highest BCUT2D eigenvalue weighted by Crippen LogP contribution is 2.28. The number of benzene rings is 1. The van der Waals surface area contributed by atoms with E-state index in [0.29, 0.717) is 32.0 Å². The first-order valence-electron chi connectivity index (χ1n) is 9.33. The van der Waals surface area contributed by atoms with Gasteiger partial charge in [-0.2, -0.15) is 4.31 Å². The Bertz CT molecular complexity index is 1160. The number of nitrogens with zero attached hydrogens (tertiary/aromatic N) is 6. The molecule has 30 heavy (non-hydrogen) atoms. The van der Waals surface area contributed by atoms with E-state index in [4.69, 9.17) is 10.2 Å². The molecule has 0 saturated carbocycles. The van der Waals surface area contributed by atoms with Crippen LogP contribution in [0, 0.1) is 5.82 Å². The number of hydrogen-bond donors (Lipinski definition) is 1. The average Bonchev–Trinajstić information content (AvgIpc) is 3.24. The fourth-order valence-electron chi connectivity index (χ4n) is 3.14. The number of nitrogens with two attached hydrogens (primary N) is 1. The summed E-state index contributed by atoms with van der Waals surface area (Å²) in [4.78, 5) is 10.5. The molecule has 0 radical (unpaired) electrons. The first-order valence-corrected chi connectivity index (χ1v) is 10.9. The fourth-order valence-corrected chi connectivity index (χ4v) is 4.22. The first kappa shape index (κ1) is 20.2. The number of nitrogen functional groups attached to an aromatic ring is 1. The van der Waals surface area contributed by atoms with Crippen molar-refractivity contribution in [1.82, 2.24) is 24.5 Å². The van der Waals surface area contributed by atoms with E-state index >= 15 is 0 Å². The highest BCUT2D eigenvalue weighted by atomic mass is 32.2. The average molecular weight is 433 g/mol. The maximum absolute atomic E-state index is 14.0. The number of hydrogen-bond acceptors (Lipinski definition) is 9. The van der Waals surface area contributed by atoms with E-state index in [1.54, 1.807) is 19.1 Å². The van der Waals surface area contributed by atoms with Crippen molar-refractivity contribution in [2.45, 2.75) is 6.92 Å². The molecule has 1 aliphatic heterocycles. The van der Waals surface area contributed by atoms with Crippen molar-refractivity contribution in [2.75, 3.05) is 42.6 Å².